The maximum absolute atomic E-state index is 5.83. The van der Waals surface area contributed by atoms with Crippen molar-refractivity contribution in [3.8, 4) is 5.75 Å². The second-order valence-electron chi connectivity index (χ2n) is 2.88. The molecule has 1 aromatic rings. The molecule has 0 unspecified atom stereocenters. The second kappa shape index (κ2) is 5.68. The molecule has 3 heteroatoms. The molecule has 2 N–H and O–H groups in total. The summed E-state index contributed by atoms with van der Waals surface area (Å²) < 4.78 is 5.51. The van der Waals surface area contributed by atoms with Gasteiger partial charge in [-0.15, -0.1) is 6.58 Å². The lowest BCUT2D eigenvalue weighted by molar-refractivity contribution is 0.321. The van der Waals surface area contributed by atoms with Gasteiger partial charge in [0.2, 0.25) is 0 Å². The zero-order valence-electron chi connectivity index (χ0n) is 8.00. The Morgan fingerprint density at radius 3 is 2.93 bits per heavy atom. The highest BCUT2D eigenvalue weighted by Gasteiger charge is 2.02. The molecule has 0 fully saturated rings. The van der Waals surface area contributed by atoms with Crippen LogP contribution in [-0.2, 0) is 6.54 Å². The highest BCUT2D eigenvalue weighted by atomic mass is 35.5. The van der Waals surface area contributed by atoms with Crippen molar-refractivity contribution in [2.24, 2.45) is 5.73 Å². The van der Waals surface area contributed by atoms with Crippen LogP contribution in [-0.4, -0.2) is 6.61 Å². The van der Waals surface area contributed by atoms with Gasteiger partial charge < -0.3 is 10.5 Å². The summed E-state index contributed by atoms with van der Waals surface area (Å²) in [6.07, 6.45) is 2.64. The third-order valence-corrected chi connectivity index (χ3v) is 2.06. The zero-order chi connectivity index (χ0) is 10.4. The molecular weight excluding hydrogens is 198 g/mol. The van der Waals surface area contributed by atoms with Crippen molar-refractivity contribution in [1.29, 1.82) is 0 Å². The van der Waals surface area contributed by atoms with E-state index in [2.05, 4.69) is 6.58 Å². The monoisotopic (exact) mass is 211 g/mol. The fraction of sp³-hybridized carbons (Fsp3) is 0.273. The molecule has 1 aromatic carbocycles. The number of hydrogen-bond donors (Lipinski definition) is 1. The molecule has 0 radical (unpaired) electrons. The molecule has 0 bridgehead atoms. The van der Waals surface area contributed by atoms with Crippen LogP contribution in [0.25, 0.3) is 0 Å². The van der Waals surface area contributed by atoms with E-state index in [1.165, 1.54) is 0 Å². The first-order valence-corrected chi connectivity index (χ1v) is 4.88. The minimum Gasteiger partial charge on any atom is -0.493 e. The predicted octanol–water partition coefficient (Wildman–Crippen LogP) is 2.75. The third kappa shape index (κ3) is 3.05. The maximum Gasteiger partial charge on any atom is 0.123 e. The molecule has 76 valence electrons. The van der Waals surface area contributed by atoms with E-state index in [0.717, 1.165) is 17.7 Å². The van der Waals surface area contributed by atoms with E-state index in [9.17, 15) is 0 Å². The lowest BCUT2D eigenvalue weighted by atomic mass is 10.2. The van der Waals surface area contributed by atoms with Crippen molar-refractivity contribution >= 4 is 11.6 Å². The minimum atomic E-state index is 0.435. The molecule has 0 saturated carbocycles. The van der Waals surface area contributed by atoms with Crippen molar-refractivity contribution in [3.05, 3.63) is 41.4 Å². The molecule has 0 heterocycles. The smallest absolute Gasteiger partial charge is 0.123 e. The van der Waals surface area contributed by atoms with Crippen molar-refractivity contribution in [2.45, 2.75) is 13.0 Å². The van der Waals surface area contributed by atoms with Crippen LogP contribution in [0.5, 0.6) is 5.75 Å². The maximum atomic E-state index is 5.83. The van der Waals surface area contributed by atoms with Gasteiger partial charge in [0, 0.05) is 17.1 Å². The predicted molar refractivity (Wildman–Crippen MR) is 59.7 cm³/mol. The van der Waals surface area contributed by atoms with Gasteiger partial charge in [-0.2, -0.15) is 0 Å². The van der Waals surface area contributed by atoms with Crippen LogP contribution < -0.4 is 10.5 Å². The van der Waals surface area contributed by atoms with E-state index in [1.54, 1.807) is 6.07 Å². The summed E-state index contributed by atoms with van der Waals surface area (Å²) in [5.74, 6) is 0.804. The molecule has 2 nitrogen and oxygen atoms in total. The third-order valence-electron chi connectivity index (χ3n) is 1.82. The number of ether oxygens (including phenoxy) is 1. The Bertz CT molecular complexity index is 312. The lowest BCUT2D eigenvalue weighted by Gasteiger charge is -2.09. The molecule has 0 amide bonds. The normalized spacial score (nSPS) is 9.86. The summed E-state index contributed by atoms with van der Waals surface area (Å²) in [6, 6.07) is 5.46. The Labute approximate surface area is 89.3 Å². The molecule has 0 saturated heterocycles. The zero-order valence-corrected chi connectivity index (χ0v) is 8.76. The fourth-order valence-corrected chi connectivity index (χ4v) is 1.30. The largest absolute Gasteiger partial charge is 0.493 e. The first-order chi connectivity index (χ1) is 6.77. The molecular formula is C11H14ClNO. The second-order valence-corrected chi connectivity index (χ2v) is 3.32. The van der Waals surface area contributed by atoms with Gasteiger partial charge >= 0.3 is 0 Å². The van der Waals surface area contributed by atoms with E-state index in [-0.39, 0.29) is 0 Å². The van der Waals surface area contributed by atoms with E-state index in [0.29, 0.717) is 18.2 Å². The Balaban J connectivity index is 2.69. The van der Waals surface area contributed by atoms with Crippen molar-refractivity contribution in [1.82, 2.24) is 0 Å². The molecule has 0 aliphatic rings. The molecule has 14 heavy (non-hydrogen) atoms. The number of halogens is 1. The standard InChI is InChI=1S/C11H14ClNO/c1-2-3-6-14-11-5-4-10(12)7-9(11)8-13/h2,4-5,7H,1,3,6,8,13H2. The summed E-state index contributed by atoms with van der Waals surface area (Å²) in [4.78, 5) is 0. The SMILES string of the molecule is C=CCCOc1ccc(Cl)cc1CN. The highest BCUT2D eigenvalue weighted by molar-refractivity contribution is 6.30. The molecule has 0 aliphatic heterocycles. The van der Waals surface area contributed by atoms with E-state index < -0.39 is 0 Å². The molecule has 1 rings (SSSR count). The average molecular weight is 212 g/mol. The van der Waals surface area contributed by atoms with Crippen LogP contribution >= 0.6 is 11.6 Å². The highest BCUT2D eigenvalue weighted by Crippen LogP contribution is 2.22. The van der Waals surface area contributed by atoms with Gasteiger partial charge in [0.1, 0.15) is 5.75 Å². The minimum absolute atomic E-state index is 0.435. The van der Waals surface area contributed by atoms with Crippen LogP contribution in [0.2, 0.25) is 5.02 Å². The summed E-state index contributed by atoms with van der Waals surface area (Å²) in [6.45, 7) is 4.68. The van der Waals surface area contributed by atoms with E-state index in [1.807, 2.05) is 18.2 Å². The van der Waals surface area contributed by atoms with Gasteiger partial charge in [-0.1, -0.05) is 17.7 Å². The van der Waals surface area contributed by atoms with Crippen molar-refractivity contribution < 1.29 is 4.74 Å². The van der Waals surface area contributed by atoms with Crippen LogP contribution in [0.15, 0.2) is 30.9 Å². The average Bonchev–Trinajstić information content (AvgIpc) is 2.20. The van der Waals surface area contributed by atoms with Crippen LogP contribution in [0.4, 0.5) is 0 Å². The van der Waals surface area contributed by atoms with Gasteiger partial charge in [-0.25, -0.2) is 0 Å². The molecule has 0 aromatic heterocycles. The molecule has 0 aliphatic carbocycles. The van der Waals surface area contributed by atoms with E-state index in [4.69, 9.17) is 22.1 Å². The molecule has 0 spiro atoms. The number of benzene rings is 1. The summed E-state index contributed by atoms with van der Waals surface area (Å²) in [5.41, 5.74) is 6.50. The number of hydrogen-bond acceptors (Lipinski definition) is 2. The Morgan fingerprint density at radius 1 is 1.50 bits per heavy atom. The van der Waals surface area contributed by atoms with Gasteiger partial charge in [0.25, 0.3) is 0 Å². The van der Waals surface area contributed by atoms with Gasteiger partial charge in [-0.3, -0.25) is 0 Å². The number of rotatable bonds is 5. The van der Waals surface area contributed by atoms with Crippen molar-refractivity contribution in [3.63, 3.8) is 0 Å². The lowest BCUT2D eigenvalue weighted by Crippen LogP contribution is -2.03. The van der Waals surface area contributed by atoms with Crippen LogP contribution in [0.1, 0.15) is 12.0 Å². The topological polar surface area (TPSA) is 35.2 Å². The van der Waals surface area contributed by atoms with E-state index >= 15 is 0 Å². The molecule has 0 atom stereocenters. The van der Waals surface area contributed by atoms with Crippen LogP contribution in [0, 0.1) is 0 Å². The quantitative estimate of drug-likeness (QED) is 0.601. The first-order valence-electron chi connectivity index (χ1n) is 4.50. The first kappa shape index (κ1) is 11.1. The van der Waals surface area contributed by atoms with Gasteiger partial charge in [0.15, 0.2) is 0 Å². The Morgan fingerprint density at radius 2 is 2.29 bits per heavy atom. The summed E-state index contributed by atoms with van der Waals surface area (Å²) in [7, 11) is 0. The Hall–Kier alpha value is -0.990. The summed E-state index contributed by atoms with van der Waals surface area (Å²) >= 11 is 5.83. The van der Waals surface area contributed by atoms with Gasteiger partial charge in [-0.05, 0) is 24.6 Å². The van der Waals surface area contributed by atoms with Crippen molar-refractivity contribution in [2.75, 3.05) is 6.61 Å². The fourth-order valence-electron chi connectivity index (χ4n) is 1.10. The van der Waals surface area contributed by atoms with Crippen LogP contribution in [0.3, 0.4) is 0 Å². The Kier molecular flexibility index (Phi) is 4.50. The van der Waals surface area contributed by atoms with Gasteiger partial charge in [0.05, 0.1) is 6.61 Å². The number of nitrogens with two attached hydrogens (primary N) is 1. The summed E-state index contributed by atoms with van der Waals surface area (Å²) in [5, 5.41) is 0.682.